The molecule has 0 aliphatic heterocycles. The first-order chi connectivity index (χ1) is 13.8. The second kappa shape index (κ2) is 8.44. The van der Waals surface area contributed by atoms with Crippen LogP contribution in [0.1, 0.15) is 16.7 Å². The average Bonchev–Trinajstić information content (AvgIpc) is 3.10. The maximum absolute atomic E-state index is 5.38. The van der Waals surface area contributed by atoms with Crippen molar-refractivity contribution in [2.24, 2.45) is 5.10 Å². The standard InChI is InChI=1S/C24H23N3O/c1-28-24-14-8-5-11-20(24)15-25-26-16-21-18-27(17-19-9-3-2-4-10-19)23-13-7-6-12-22(21)23/h2-14,16,18,25H,15,17H2,1H3/b26-16+. The third-order valence-corrected chi connectivity index (χ3v) is 4.77. The Morgan fingerprint density at radius 3 is 2.54 bits per heavy atom. The number of fused-ring (bicyclic) bond motifs is 1. The first kappa shape index (κ1) is 17.9. The number of para-hydroxylation sites is 2. The molecule has 0 aliphatic rings. The first-order valence-electron chi connectivity index (χ1n) is 9.35. The van der Waals surface area contributed by atoms with E-state index < -0.39 is 0 Å². The monoisotopic (exact) mass is 369 g/mol. The number of rotatable bonds is 7. The van der Waals surface area contributed by atoms with Crippen molar-refractivity contribution in [1.29, 1.82) is 0 Å². The highest BCUT2D eigenvalue weighted by atomic mass is 16.5. The number of hydrogen-bond donors (Lipinski definition) is 1. The van der Waals surface area contributed by atoms with Crippen LogP contribution in [0.15, 0.2) is 90.2 Å². The van der Waals surface area contributed by atoms with Crippen molar-refractivity contribution in [2.75, 3.05) is 7.11 Å². The van der Waals surface area contributed by atoms with Crippen LogP contribution in [-0.2, 0) is 13.1 Å². The van der Waals surface area contributed by atoms with Crippen molar-refractivity contribution >= 4 is 17.1 Å². The topological polar surface area (TPSA) is 38.5 Å². The minimum absolute atomic E-state index is 0.614. The summed E-state index contributed by atoms with van der Waals surface area (Å²) in [4.78, 5) is 0. The van der Waals surface area contributed by atoms with Gasteiger partial charge < -0.3 is 14.7 Å². The summed E-state index contributed by atoms with van der Waals surface area (Å²) in [5, 5.41) is 5.63. The van der Waals surface area contributed by atoms with E-state index in [1.165, 1.54) is 16.5 Å². The zero-order valence-corrected chi connectivity index (χ0v) is 15.9. The molecule has 140 valence electrons. The Bertz CT molecular complexity index is 1080. The summed E-state index contributed by atoms with van der Waals surface area (Å²) in [5.74, 6) is 0.865. The minimum atomic E-state index is 0.614. The van der Waals surface area contributed by atoms with E-state index in [1.54, 1.807) is 7.11 Å². The Balaban J connectivity index is 1.53. The Morgan fingerprint density at radius 1 is 0.929 bits per heavy atom. The number of nitrogens with zero attached hydrogens (tertiary/aromatic N) is 2. The van der Waals surface area contributed by atoms with E-state index >= 15 is 0 Å². The fourth-order valence-corrected chi connectivity index (χ4v) is 3.38. The van der Waals surface area contributed by atoms with Gasteiger partial charge in [0.2, 0.25) is 0 Å². The molecule has 0 spiro atoms. The quantitative estimate of drug-likeness (QED) is 0.375. The number of hydrogen-bond acceptors (Lipinski definition) is 3. The van der Waals surface area contributed by atoms with Gasteiger partial charge in [-0.3, -0.25) is 0 Å². The molecule has 0 amide bonds. The maximum Gasteiger partial charge on any atom is 0.123 e. The van der Waals surface area contributed by atoms with E-state index in [2.05, 4.69) is 69.8 Å². The zero-order chi connectivity index (χ0) is 19.2. The number of hydrazone groups is 1. The van der Waals surface area contributed by atoms with E-state index in [0.717, 1.165) is 23.4 Å². The summed E-state index contributed by atoms with van der Waals surface area (Å²) in [6, 6.07) is 26.9. The predicted octanol–water partition coefficient (Wildman–Crippen LogP) is 4.82. The largest absolute Gasteiger partial charge is 0.496 e. The molecule has 0 unspecified atom stereocenters. The van der Waals surface area contributed by atoms with Crippen molar-refractivity contribution in [1.82, 2.24) is 9.99 Å². The van der Waals surface area contributed by atoms with Gasteiger partial charge in [0.05, 0.1) is 19.9 Å². The number of nitrogens with one attached hydrogen (secondary N) is 1. The third-order valence-electron chi connectivity index (χ3n) is 4.77. The van der Waals surface area contributed by atoms with Crippen molar-refractivity contribution in [2.45, 2.75) is 13.1 Å². The Kier molecular flexibility index (Phi) is 5.38. The first-order valence-corrected chi connectivity index (χ1v) is 9.35. The van der Waals surface area contributed by atoms with Crippen LogP contribution in [0.25, 0.3) is 10.9 Å². The van der Waals surface area contributed by atoms with Gasteiger partial charge >= 0.3 is 0 Å². The highest BCUT2D eigenvalue weighted by Gasteiger charge is 2.07. The van der Waals surface area contributed by atoms with Crippen LogP contribution in [0.4, 0.5) is 0 Å². The molecular formula is C24H23N3O. The van der Waals surface area contributed by atoms with Crippen LogP contribution >= 0.6 is 0 Å². The fourth-order valence-electron chi connectivity index (χ4n) is 3.38. The number of aromatic nitrogens is 1. The second-order valence-corrected chi connectivity index (χ2v) is 6.62. The van der Waals surface area contributed by atoms with E-state index in [-0.39, 0.29) is 0 Å². The molecule has 0 atom stereocenters. The summed E-state index contributed by atoms with van der Waals surface area (Å²) in [6.07, 6.45) is 4.05. The molecule has 4 heteroatoms. The SMILES string of the molecule is COc1ccccc1CN/N=C/c1cn(Cc2ccccc2)c2ccccc12. The molecule has 28 heavy (non-hydrogen) atoms. The van der Waals surface area contributed by atoms with Crippen molar-refractivity contribution in [3.63, 3.8) is 0 Å². The number of ether oxygens (including phenoxy) is 1. The van der Waals surface area contributed by atoms with E-state index in [0.29, 0.717) is 6.54 Å². The van der Waals surface area contributed by atoms with Gasteiger partial charge in [0.25, 0.3) is 0 Å². The van der Waals surface area contributed by atoms with Crippen molar-refractivity contribution in [3.8, 4) is 5.75 Å². The molecule has 0 bridgehead atoms. The molecule has 0 fully saturated rings. The van der Waals surface area contributed by atoms with Gasteiger partial charge in [-0.15, -0.1) is 0 Å². The molecule has 0 radical (unpaired) electrons. The minimum Gasteiger partial charge on any atom is -0.496 e. The van der Waals surface area contributed by atoms with Gasteiger partial charge in [-0.2, -0.15) is 5.10 Å². The molecule has 1 heterocycles. The van der Waals surface area contributed by atoms with E-state index in [4.69, 9.17) is 4.74 Å². The van der Waals surface area contributed by atoms with Crippen LogP contribution in [0.2, 0.25) is 0 Å². The molecule has 4 nitrogen and oxygen atoms in total. The van der Waals surface area contributed by atoms with Gasteiger partial charge in [0.15, 0.2) is 0 Å². The molecule has 4 aromatic rings. The van der Waals surface area contributed by atoms with Crippen LogP contribution in [-0.4, -0.2) is 17.9 Å². The normalized spacial score (nSPS) is 11.2. The van der Waals surface area contributed by atoms with Crippen molar-refractivity contribution in [3.05, 3.63) is 102 Å². The summed E-state index contributed by atoms with van der Waals surface area (Å²) < 4.78 is 7.65. The zero-order valence-electron chi connectivity index (χ0n) is 15.9. The lowest BCUT2D eigenvalue weighted by Gasteiger charge is -2.07. The van der Waals surface area contributed by atoms with Crippen molar-refractivity contribution < 1.29 is 4.74 Å². The van der Waals surface area contributed by atoms with Crippen LogP contribution in [0.3, 0.4) is 0 Å². The van der Waals surface area contributed by atoms with E-state index in [1.807, 2.05) is 36.5 Å². The number of methoxy groups -OCH3 is 1. The van der Waals surface area contributed by atoms with Gasteiger partial charge in [-0.1, -0.05) is 66.7 Å². The average molecular weight is 369 g/mol. The molecule has 0 aliphatic carbocycles. The Labute approximate surface area is 165 Å². The Hall–Kier alpha value is -3.53. The lowest BCUT2D eigenvalue weighted by atomic mass is 10.2. The predicted molar refractivity (Wildman–Crippen MR) is 115 cm³/mol. The maximum atomic E-state index is 5.38. The summed E-state index contributed by atoms with van der Waals surface area (Å²) in [7, 11) is 1.68. The lowest BCUT2D eigenvalue weighted by molar-refractivity contribution is 0.408. The molecule has 4 rings (SSSR count). The summed E-state index contributed by atoms with van der Waals surface area (Å²) in [5.41, 5.74) is 7.79. The second-order valence-electron chi connectivity index (χ2n) is 6.62. The summed E-state index contributed by atoms with van der Waals surface area (Å²) in [6.45, 7) is 1.45. The molecule has 1 aromatic heterocycles. The smallest absolute Gasteiger partial charge is 0.123 e. The number of benzene rings is 3. The highest BCUT2D eigenvalue weighted by Crippen LogP contribution is 2.21. The van der Waals surface area contributed by atoms with Gasteiger partial charge in [0.1, 0.15) is 5.75 Å². The van der Waals surface area contributed by atoms with Gasteiger partial charge in [0, 0.05) is 34.8 Å². The molecule has 3 aromatic carbocycles. The van der Waals surface area contributed by atoms with Gasteiger partial charge in [-0.05, 0) is 17.7 Å². The third kappa shape index (κ3) is 3.91. The fraction of sp³-hybridized carbons (Fsp3) is 0.125. The lowest BCUT2D eigenvalue weighted by Crippen LogP contribution is -2.06. The highest BCUT2D eigenvalue weighted by molar-refractivity contribution is 5.99. The van der Waals surface area contributed by atoms with Crippen LogP contribution in [0.5, 0.6) is 5.75 Å². The van der Waals surface area contributed by atoms with Gasteiger partial charge in [-0.25, -0.2) is 0 Å². The van der Waals surface area contributed by atoms with Crippen LogP contribution in [0, 0.1) is 0 Å². The molecule has 0 saturated heterocycles. The molecular weight excluding hydrogens is 346 g/mol. The van der Waals surface area contributed by atoms with Crippen LogP contribution < -0.4 is 10.2 Å². The molecule has 1 N–H and O–H groups in total. The summed E-state index contributed by atoms with van der Waals surface area (Å²) >= 11 is 0. The van der Waals surface area contributed by atoms with E-state index in [9.17, 15) is 0 Å². The molecule has 0 saturated carbocycles. The Morgan fingerprint density at radius 2 is 1.68 bits per heavy atom.